The SMILES string of the molecule is CC1(C)c2ccccc2-c2ccc3c(c21)c1ccccc1n3-c1c(-c2cc(-n3c4ccccc4c4ccccc43)ccn2)cc(C#N)cc1-c1nc(-c2ccccc2)nc(-c2ccccc2)n1. The number of aromatic nitrogens is 6. The molecule has 4 aromatic heterocycles. The molecular formula is C60H39N7. The molecule has 0 bridgehead atoms. The van der Waals surface area contributed by atoms with Crippen LogP contribution in [0, 0.1) is 11.3 Å². The van der Waals surface area contributed by atoms with Crippen molar-refractivity contribution in [3.63, 3.8) is 0 Å². The Labute approximate surface area is 386 Å². The second-order valence-corrected chi connectivity index (χ2v) is 17.7. The highest BCUT2D eigenvalue weighted by Gasteiger charge is 2.38. The summed E-state index contributed by atoms with van der Waals surface area (Å²) in [4.78, 5) is 20.9. The summed E-state index contributed by atoms with van der Waals surface area (Å²) < 4.78 is 4.66. The zero-order valence-corrected chi connectivity index (χ0v) is 36.7. The fourth-order valence-corrected chi connectivity index (χ4v) is 10.7. The van der Waals surface area contributed by atoms with Crippen molar-refractivity contribution in [2.24, 2.45) is 0 Å². The number of hydrogen-bond donors (Lipinski definition) is 0. The summed E-state index contributed by atoms with van der Waals surface area (Å²) in [5.41, 5.74) is 15.2. The maximum atomic E-state index is 11.0. The number of nitrogens with zero attached hydrogens (tertiary/aromatic N) is 7. The summed E-state index contributed by atoms with van der Waals surface area (Å²) in [7, 11) is 0. The Kier molecular flexibility index (Phi) is 8.48. The summed E-state index contributed by atoms with van der Waals surface area (Å²) >= 11 is 0. The number of para-hydroxylation sites is 3. The first-order valence-corrected chi connectivity index (χ1v) is 22.5. The highest BCUT2D eigenvalue weighted by molar-refractivity contribution is 6.15. The second kappa shape index (κ2) is 14.8. The summed E-state index contributed by atoms with van der Waals surface area (Å²) in [6.45, 7) is 4.68. The Morgan fingerprint density at radius 2 is 1.01 bits per heavy atom. The lowest BCUT2D eigenvalue weighted by Gasteiger charge is -2.23. The van der Waals surface area contributed by atoms with E-state index in [-0.39, 0.29) is 5.41 Å². The van der Waals surface area contributed by atoms with Crippen molar-refractivity contribution < 1.29 is 0 Å². The smallest absolute Gasteiger partial charge is 0.166 e. The molecule has 0 saturated heterocycles. The zero-order chi connectivity index (χ0) is 44.8. The number of pyridine rings is 1. The average Bonchev–Trinajstić information content (AvgIpc) is 3.99. The highest BCUT2D eigenvalue weighted by Crippen LogP contribution is 2.54. The van der Waals surface area contributed by atoms with Crippen LogP contribution in [0.2, 0.25) is 0 Å². The topological polar surface area (TPSA) is 85.2 Å². The van der Waals surface area contributed by atoms with Crippen LogP contribution < -0.4 is 0 Å². The molecule has 13 rings (SSSR count). The Bertz CT molecular complexity index is 3910. The number of nitriles is 1. The second-order valence-electron chi connectivity index (χ2n) is 17.7. The first-order valence-electron chi connectivity index (χ1n) is 22.5. The Morgan fingerprint density at radius 1 is 0.463 bits per heavy atom. The van der Waals surface area contributed by atoms with Crippen molar-refractivity contribution in [1.82, 2.24) is 29.1 Å². The molecule has 0 spiro atoms. The first-order chi connectivity index (χ1) is 33.0. The van der Waals surface area contributed by atoms with E-state index in [1.807, 2.05) is 79.0 Å². The van der Waals surface area contributed by atoms with E-state index in [1.165, 1.54) is 38.4 Å². The van der Waals surface area contributed by atoms with Crippen molar-refractivity contribution in [2.75, 3.05) is 0 Å². The van der Waals surface area contributed by atoms with E-state index in [0.717, 1.165) is 55.5 Å². The van der Waals surface area contributed by atoms with Gasteiger partial charge in [0.05, 0.1) is 45.1 Å². The van der Waals surface area contributed by atoms with Gasteiger partial charge in [0.1, 0.15) is 0 Å². The first kappa shape index (κ1) is 38.5. The van der Waals surface area contributed by atoms with Crippen LogP contribution in [0.25, 0.3) is 112 Å². The normalized spacial score (nSPS) is 12.7. The average molecular weight is 858 g/mol. The molecule has 0 saturated carbocycles. The molecule has 8 aromatic carbocycles. The molecule has 0 fully saturated rings. The molecule has 0 atom stereocenters. The van der Waals surface area contributed by atoms with Crippen molar-refractivity contribution in [2.45, 2.75) is 19.3 Å². The van der Waals surface area contributed by atoms with Gasteiger partial charge in [0.2, 0.25) is 0 Å². The van der Waals surface area contributed by atoms with E-state index in [9.17, 15) is 5.26 Å². The highest BCUT2D eigenvalue weighted by atomic mass is 15.1. The predicted octanol–water partition coefficient (Wildman–Crippen LogP) is 14.3. The minimum Gasteiger partial charge on any atom is -0.309 e. The summed E-state index contributed by atoms with van der Waals surface area (Å²) in [5.74, 6) is 1.51. The quantitative estimate of drug-likeness (QED) is 0.166. The molecule has 0 unspecified atom stereocenters. The molecule has 314 valence electrons. The lowest BCUT2D eigenvalue weighted by atomic mass is 9.80. The fourth-order valence-electron chi connectivity index (χ4n) is 10.7. The number of rotatable bonds is 6. The Hall–Kier alpha value is -8.99. The van der Waals surface area contributed by atoms with Gasteiger partial charge in [0.15, 0.2) is 17.5 Å². The maximum absolute atomic E-state index is 11.0. The van der Waals surface area contributed by atoms with Gasteiger partial charge >= 0.3 is 0 Å². The van der Waals surface area contributed by atoms with Gasteiger partial charge in [-0.1, -0.05) is 159 Å². The van der Waals surface area contributed by atoms with E-state index >= 15 is 0 Å². The van der Waals surface area contributed by atoms with Crippen LogP contribution in [-0.2, 0) is 5.41 Å². The van der Waals surface area contributed by atoms with Gasteiger partial charge in [-0.15, -0.1) is 0 Å². The van der Waals surface area contributed by atoms with Gasteiger partial charge in [-0.3, -0.25) is 4.98 Å². The van der Waals surface area contributed by atoms with E-state index in [4.69, 9.17) is 19.9 Å². The van der Waals surface area contributed by atoms with Crippen LogP contribution in [0.5, 0.6) is 0 Å². The standard InChI is InChI=1S/C60H39N7/c1-60(2)48-25-13-9-21-41(48)44-29-30-53-54(55(44)60)45-24-12-16-28-52(45)67(53)56-46(49-35-40(31-32-62-49)66-50-26-14-10-22-42(50)43-23-11-15-27-51(43)66)33-37(36-61)34-47(56)59-64-57(38-17-5-3-6-18-38)63-58(65-59)39-19-7-4-8-20-39/h3-35H,1-2H3. The van der Waals surface area contributed by atoms with Gasteiger partial charge in [0, 0.05) is 61.1 Å². The molecule has 4 heterocycles. The van der Waals surface area contributed by atoms with Crippen molar-refractivity contribution >= 4 is 43.6 Å². The molecule has 0 radical (unpaired) electrons. The molecule has 7 nitrogen and oxygen atoms in total. The summed E-state index contributed by atoms with van der Waals surface area (Å²) in [6, 6.07) is 69.7. The molecule has 1 aliphatic rings. The van der Waals surface area contributed by atoms with E-state index in [1.54, 1.807) is 0 Å². The number of hydrogen-bond acceptors (Lipinski definition) is 5. The lowest BCUT2D eigenvalue weighted by molar-refractivity contribution is 0.666. The monoisotopic (exact) mass is 857 g/mol. The molecule has 0 N–H and O–H groups in total. The van der Waals surface area contributed by atoms with Gasteiger partial charge < -0.3 is 9.13 Å². The van der Waals surface area contributed by atoms with Crippen LogP contribution in [0.1, 0.15) is 30.5 Å². The van der Waals surface area contributed by atoms with E-state index in [0.29, 0.717) is 34.3 Å². The Morgan fingerprint density at radius 3 is 1.67 bits per heavy atom. The maximum Gasteiger partial charge on any atom is 0.166 e. The number of fused-ring (bicyclic) bond motifs is 10. The largest absolute Gasteiger partial charge is 0.309 e. The summed E-state index contributed by atoms with van der Waals surface area (Å²) in [6.07, 6.45) is 1.87. The molecule has 0 aliphatic heterocycles. The fraction of sp³-hybridized carbons (Fsp3) is 0.0500. The third-order valence-corrected chi connectivity index (χ3v) is 13.6. The predicted molar refractivity (Wildman–Crippen MR) is 270 cm³/mol. The van der Waals surface area contributed by atoms with Gasteiger partial charge in [0.25, 0.3) is 0 Å². The van der Waals surface area contributed by atoms with E-state index in [2.05, 4.69) is 150 Å². The van der Waals surface area contributed by atoms with Crippen molar-refractivity contribution in [3.05, 3.63) is 217 Å². The van der Waals surface area contributed by atoms with E-state index < -0.39 is 0 Å². The van der Waals surface area contributed by atoms with Gasteiger partial charge in [-0.05, 0) is 70.8 Å². The van der Waals surface area contributed by atoms with Gasteiger partial charge in [-0.25, -0.2) is 15.0 Å². The minimum atomic E-state index is -0.279. The van der Waals surface area contributed by atoms with Crippen LogP contribution in [0.3, 0.4) is 0 Å². The van der Waals surface area contributed by atoms with Gasteiger partial charge in [-0.2, -0.15) is 5.26 Å². The zero-order valence-electron chi connectivity index (χ0n) is 36.7. The molecule has 12 aromatic rings. The van der Waals surface area contributed by atoms with Crippen LogP contribution in [-0.4, -0.2) is 29.1 Å². The van der Waals surface area contributed by atoms with Crippen LogP contribution in [0.4, 0.5) is 0 Å². The summed E-state index contributed by atoms with van der Waals surface area (Å²) in [5, 5.41) is 15.6. The third kappa shape index (κ3) is 5.83. The van der Waals surface area contributed by atoms with Crippen molar-refractivity contribution in [1.29, 1.82) is 5.26 Å². The molecule has 67 heavy (non-hydrogen) atoms. The van der Waals surface area contributed by atoms with Crippen molar-refractivity contribution in [3.8, 4) is 74.0 Å². The molecule has 0 amide bonds. The number of benzene rings is 8. The molecule has 7 heteroatoms. The van der Waals surface area contributed by atoms with Crippen LogP contribution >= 0.6 is 0 Å². The van der Waals surface area contributed by atoms with Crippen LogP contribution in [0.15, 0.2) is 200 Å². The molecule has 1 aliphatic carbocycles. The minimum absolute atomic E-state index is 0.279. The Balaban J connectivity index is 1.16. The lowest BCUT2D eigenvalue weighted by Crippen LogP contribution is -2.15. The molecular weight excluding hydrogens is 819 g/mol. The third-order valence-electron chi connectivity index (χ3n) is 13.6.